The molecule has 1 rings (SSSR count). The third kappa shape index (κ3) is 6.94. The predicted molar refractivity (Wildman–Crippen MR) is 96.1 cm³/mol. The first-order chi connectivity index (χ1) is 9.75. The average molecular weight is 311 g/mol. The molecule has 0 saturated carbocycles. The van der Waals surface area contributed by atoms with Gasteiger partial charge < -0.3 is 5.32 Å². The van der Waals surface area contributed by atoms with Gasteiger partial charge in [0.2, 0.25) is 0 Å². The second kappa shape index (κ2) is 8.30. The van der Waals surface area contributed by atoms with Crippen LogP contribution in [0.25, 0.3) is 0 Å². The molecule has 2 nitrogen and oxygen atoms in total. The van der Waals surface area contributed by atoms with Crippen molar-refractivity contribution in [3.05, 3.63) is 21.4 Å². The van der Waals surface area contributed by atoms with E-state index in [1.54, 1.807) is 0 Å². The van der Waals surface area contributed by atoms with Crippen LogP contribution in [0.5, 0.6) is 0 Å². The summed E-state index contributed by atoms with van der Waals surface area (Å²) in [5, 5.41) is 3.58. The molecule has 21 heavy (non-hydrogen) atoms. The minimum atomic E-state index is 0.185. The summed E-state index contributed by atoms with van der Waals surface area (Å²) in [4.78, 5) is 5.50. The van der Waals surface area contributed by atoms with E-state index in [1.807, 2.05) is 11.3 Å². The Morgan fingerprint density at radius 3 is 2.48 bits per heavy atom. The first kappa shape index (κ1) is 18.7. The lowest BCUT2D eigenvalue weighted by Gasteiger charge is -2.23. The van der Waals surface area contributed by atoms with Gasteiger partial charge in [-0.1, -0.05) is 27.2 Å². The van der Waals surface area contributed by atoms with Gasteiger partial charge >= 0.3 is 0 Å². The van der Waals surface area contributed by atoms with Crippen LogP contribution >= 0.6 is 11.3 Å². The molecule has 1 atom stereocenters. The van der Waals surface area contributed by atoms with Crippen molar-refractivity contribution in [2.45, 2.75) is 73.5 Å². The van der Waals surface area contributed by atoms with Crippen molar-refractivity contribution in [3.8, 4) is 0 Å². The summed E-state index contributed by atoms with van der Waals surface area (Å²) in [6.07, 6.45) is 1.26. The van der Waals surface area contributed by atoms with Gasteiger partial charge in [0.1, 0.15) is 0 Å². The second-order valence-corrected chi connectivity index (χ2v) is 8.58. The van der Waals surface area contributed by atoms with Gasteiger partial charge in [0.05, 0.1) is 0 Å². The van der Waals surface area contributed by atoms with Crippen molar-refractivity contribution < 1.29 is 0 Å². The monoisotopic (exact) mass is 310 g/mol. The standard InChI is InChI=1S/C18H34N2S/c1-8-14(3)12-20(9-2)13-16-10-17(21-15(16)4)11-19-18(5,6)7/h10,14,19H,8-9,11-13H2,1-7H3. The summed E-state index contributed by atoms with van der Waals surface area (Å²) in [5.74, 6) is 0.783. The molecule has 0 fully saturated rings. The van der Waals surface area contributed by atoms with Crippen LogP contribution in [0, 0.1) is 12.8 Å². The summed E-state index contributed by atoms with van der Waals surface area (Å²) in [6, 6.07) is 2.40. The molecule has 0 aliphatic carbocycles. The van der Waals surface area contributed by atoms with E-state index in [-0.39, 0.29) is 5.54 Å². The molecule has 0 aromatic carbocycles. The topological polar surface area (TPSA) is 15.3 Å². The molecule has 1 N–H and O–H groups in total. The van der Waals surface area contributed by atoms with Crippen LogP contribution in [-0.4, -0.2) is 23.5 Å². The molecule has 1 aromatic heterocycles. The number of hydrogen-bond acceptors (Lipinski definition) is 3. The van der Waals surface area contributed by atoms with E-state index in [9.17, 15) is 0 Å². The Morgan fingerprint density at radius 1 is 1.29 bits per heavy atom. The number of thiophene rings is 1. The fourth-order valence-corrected chi connectivity index (χ4v) is 3.29. The highest BCUT2D eigenvalue weighted by atomic mass is 32.1. The molecule has 1 heterocycles. The van der Waals surface area contributed by atoms with Gasteiger partial charge in [0.25, 0.3) is 0 Å². The zero-order valence-corrected chi connectivity index (χ0v) is 15.9. The lowest BCUT2D eigenvalue weighted by atomic mass is 10.1. The van der Waals surface area contributed by atoms with E-state index in [2.05, 4.69) is 64.7 Å². The lowest BCUT2D eigenvalue weighted by molar-refractivity contribution is 0.238. The first-order valence-corrected chi connectivity index (χ1v) is 9.12. The first-order valence-electron chi connectivity index (χ1n) is 8.30. The zero-order valence-electron chi connectivity index (χ0n) is 15.0. The minimum absolute atomic E-state index is 0.185. The van der Waals surface area contributed by atoms with Gasteiger partial charge in [-0.3, -0.25) is 4.90 Å². The number of hydrogen-bond donors (Lipinski definition) is 1. The smallest absolute Gasteiger partial charge is 0.0304 e. The molecule has 0 spiro atoms. The lowest BCUT2D eigenvalue weighted by Crippen LogP contribution is -2.34. The summed E-state index contributed by atoms with van der Waals surface area (Å²) in [5.41, 5.74) is 1.69. The summed E-state index contributed by atoms with van der Waals surface area (Å²) in [7, 11) is 0. The highest BCUT2D eigenvalue weighted by Crippen LogP contribution is 2.24. The molecule has 122 valence electrons. The molecule has 0 saturated heterocycles. The maximum Gasteiger partial charge on any atom is 0.0304 e. The molecule has 0 aliphatic heterocycles. The zero-order chi connectivity index (χ0) is 16.0. The Bertz CT molecular complexity index is 417. The molecule has 1 unspecified atom stereocenters. The van der Waals surface area contributed by atoms with Crippen LogP contribution in [0.1, 0.15) is 63.3 Å². The molecular formula is C18H34N2S. The van der Waals surface area contributed by atoms with E-state index >= 15 is 0 Å². The van der Waals surface area contributed by atoms with Crippen LogP contribution in [0.2, 0.25) is 0 Å². The average Bonchev–Trinajstić information content (AvgIpc) is 2.75. The van der Waals surface area contributed by atoms with E-state index < -0.39 is 0 Å². The van der Waals surface area contributed by atoms with Crippen LogP contribution in [0.3, 0.4) is 0 Å². The minimum Gasteiger partial charge on any atom is -0.307 e. The number of aryl methyl sites for hydroxylation is 1. The van der Waals surface area contributed by atoms with Crippen LogP contribution in [0.4, 0.5) is 0 Å². The number of nitrogens with one attached hydrogen (secondary N) is 1. The van der Waals surface area contributed by atoms with Crippen molar-refractivity contribution in [1.82, 2.24) is 10.2 Å². The van der Waals surface area contributed by atoms with Gasteiger partial charge in [-0.05, 0) is 51.8 Å². The van der Waals surface area contributed by atoms with Crippen molar-refractivity contribution in [1.29, 1.82) is 0 Å². The molecule has 3 heteroatoms. The van der Waals surface area contributed by atoms with Crippen molar-refractivity contribution in [3.63, 3.8) is 0 Å². The number of rotatable bonds is 8. The fourth-order valence-electron chi connectivity index (χ4n) is 2.30. The predicted octanol–water partition coefficient (Wildman–Crippen LogP) is 4.81. The normalized spacial score (nSPS) is 13.9. The van der Waals surface area contributed by atoms with E-state index in [0.717, 1.165) is 25.6 Å². The summed E-state index contributed by atoms with van der Waals surface area (Å²) < 4.78 is 0. The molecule has 0 amide bonds. The molecule has 0 aliphatic rings. The van der Waals surface area contributed by atoms with Crippen molar-refractivity contribution in [2.75, 3.05) is 13.1 Å². The molecular weight excluding hydrogens is 276 g/mol. The maximum atomic E-state index is 3.58. The fraction of sp³-hybridized carbons (Fsp3) is 0.778. The summed E-state index contributed by atoms with van der Waals surface area (Å²) in [6.45, 7) is 20.2. The Balaban J connectivity index is 2.64. The Labute approximate surface area is 135 Å². The Kier molecular flexibility index (Phi) is 7.38. The Hall–Kier alpha value is -0.380. The molecule has 0 bridgehead atoms. The quantitative estimate of drug-likeness (QED) is 0.741. The highest BCUT2D eigenvalue weighted by molar-refractivity contribution is 7.12. The van der Waals surface area contributed by atoms with Crippen LogP contribution in [0.15, 0.2) is 6.07 Å². The Morgan fingerprint density at radius 2 is 1.95 bits per heavy atom. The van der Waals surface area contributed by atoms with Gasteiger partial charge in [-0.2, -0.15) is 0 Å². The maximum absolute atomic E-state index is 3.58. The third-order valence-corrected chi connectivity index (χ3v) is 5.07. The van der Waals surface area contributed by atoms with Crippen molar-refractivity contribution >= 4 is 11.3 Å². The second-order valence-electron chi connectivity index (χ2n) is 7.24. The molecule has 1 aromatic rings. The van der Waals surface area contributed by atoms with Gasteiger partial charge in [0.15, 0.2) is 0 Å². The van der Waals surface area contributed by atoms with Gasteiger partial charge in [-0.15, -0.1) is 11.3 Å². The van der Waals surface area contributed by atoms with Crippen LogP contribution < -0.4 is 5.32 Å². The SMILES string of the molecule is CCC(C)CN(CC)Cc1cc(CNC(C)(C)C)sc1C. The third-order valence-electron chi connectivity index (χ3n) is 3.97. The van der Waals surface area contributed by atoms with E-state index in [0.29, 0.717) is 0 Å². The summed E-state index contributed by atoms with van der Waals surface area (Å²) >= 11 is 1.94. The highest BCUT2D eigenvalue weighted by Gasteiger charge is 2.14. The molecule has 0 radical (unpaired) electrons. The number of nitrogens with zero attached hydrogens (tertiary/aromatic N) is 1. The van der Waals surface area contributed by atoms with Crippen molar-refractivity contribution in [2.24, 2.45) is 5.92 Å². The largest absolute Gasteiger partial charge is 0.307 e. The van der Waals surface area contributed by atoms with E-state index in [4.69, 9.17) is 0 Å². The van der Waals surface area contributed by atoms with Gasteiger partial charge in [-0.25, -0.2) is 0 Å². The van der Waals surface area contributed by atoms with Crippen LogP contribution in [-0.2, 0) is 13.1 Å². The van der Waals surface area contributed by atoms with Gasteiger partial charge in [0, 0.05) is 34.9 Å². The van der Waals surface area contributed by atoms with E-state index in [1.165, 1.54) is 28.3 Å².